The van der Waals surface area contributed by atoms with E-state index in [9.17, 15) is 4.39 Å². The molecule has 0 unspecified atom stereocenters. The Balaban J connectivity index is 2.22. The zero-order valence-electron chi connectivity index (χ0n) is 11.5. The molecule has 0 saturated heterocycles. The molecule has 0 aliphatic rings. The maximum Gasteiger partial charge on any atom is 0.143 e. The molecule has 112 valence electrons. The number of methoxy groups -OCH3 is 2. The van der Waals surface area contributed by atoms with Gasteiger partial charge in [-0.15, -0.1) is 0 Å². The fourth-order valence-corrected chi connectivity index (χ4v) is 2.32. The normalized spacial score (nSPS) is 10.3. The highest BCUT2D eigenvalue weighted by atomic mass is 35.5. The summed E-state index contributed by atoms with van der Waals surface area (Å²) < 4.78 is 23.5. The van der Waals surface area contributed by atoms with Gasteiger partial charge >= 0.3 is 0 Å². The molecule has 0 aromatic heterocycles. The highest BCUT2D eigenvalue weighted by Crippen LogP contribution is 2.36. The average molecular weight is 330 g/mol. The molecule has 0 aliphatic heterocycles. The first kappa shape index (κ1) is 15.7. The van der Waals surface area contributed by atoms with Crippen molar-refractivity contribution < 1.29 is 13.9 Å². The van der Waals surface area contributed by atoms with Gasteiger partial charge in [-0.05, 0) is 17.7 Å². The van der Waals surface area contributed by atoms with Gasteiger partial charge in [-0.3, -0.25) is 0 Å². The van der Waals surface area contributed by atoms with Crippen LogP contribution >= 0.6 is 23.2 Å². The lowest BCUT2D eigenvalue weighted by molar-refractivity contribution is 0.404. The fraction of sp³-hybridized carbons (Fsp3) is 0.200. The summed E-state index contributed by atoms with van der Waals surface area (Å²) in [6, 6.07) is 7.67. The van der Waals surface area contributed by atoms with Crippen molar-refractivity contribution in [2.45, 2.75) is 6.54 Å². The highest BCUT2D eigenvalue weighted by molar-refractivity contribution is 6.32. The van der Waals surface area contributed by atoms with E-state index in [-0.39, 0.29) is 5.82 Å². The number of halogens is 3. The molecule has 0 saturated carbocycles. The summed E-state index contributed by atoms with van der Waals surface area (Å²) in [5, 5.41) is 3.99. The monoisotopic (exact) mass is 329 g/mol. The summed E-state index contributed by atoms with van der Waals surface area (Å²) in [5.41, 5.74) is 1.48. The molecule has 2 aromatic rings. The van der Waals surface area contributed by atoms with Crippen LogP contribution in [0.25, 0.3) is 0 Å². The number of benzene rings is 2. The van der Waals surface area contributed by atoms with Gasteiger partial charge in [0.25, 0.3) is 0 Å². The van der Waals surface area contributed by atoms with Crippen molar-refractivity contribution in [1.82, 2.24) is 0 Å². The third kappa shape index (κ3) is 3.71. The van der Waals surface area contributed by atoms with Crippen LogP contribution in [0.1, 0.15) is 5.56 Å². The van der Waals surface area contributed by atoms with Gasteiger partial charge in [-0.2, -0.15) is 0 Å². The van der Waals surface area contributed by atoms with E-state index in [2.05, 4.69) is 5.32 Å². The highest BCUT2D eigenvalue weighted by Gasteiger charge is 2.10. The van der Waals surface area contributed by atoms with E-state index in [0.29, 0.717) is 33.8 Å². The largest absolute Gasteiger partial charge is 0.495 e. The minimum atomic E-state index is -0.366. The number of anilines is 1. The molecule has 21 heavy (non-hydrogen) atoms. The minimum absolute atomic E-state index is 0.363. The quantitative estimate of drug-likeness (QED) is 0.857. The van der Waals surface area contributed by atoms with Crippen molar-refractivity contribution in [2.75, 3.05) is 19.5 Å². The summed E-state index contributed by atoms with van der Waals surface area (Å²) in [6.07, 6.45) is 0. The second-order valence-electron chi connectivity index (χ2n) is 4.28. The Morgan fingerprint density at radius 3 is 2.33 bits per heavy atom. The molecule has 0 fully saturated rings. The van der Waals surface area contributed by atoms with Crippen molar-refractivity contribution in [3.8, 4) is 11.5 Å². The standard InChI is InChI=1S/C15H14Cl2FNO2/c1-20-14-7-13(15(21-2)6-12(14)17)19-8-9-3-4-10(18)5-11(9)16/h3-7,19H,8H2,1-2H3. The van der Waals surface area contributed by atoms with Crippen LogP contribution in [0.15, 0.2) is 30.3 Å². The molecule has 0 spiro atoms. The number of nitrogens with one attached hydrogen (secondary N) is 1. The molecule has 2 aromatic carbocycles. The molecule has 0 heterocycles. The van der Waals surface area contributed by atoms with Crippen LogP contribution in [0.4, 0.5) is 10.1 Å². The summed E-state index contributed by atoms with van der Waals surface area (Å²) in [4.78, 5) is 0. The first-order valence-corrected chi connectivity index (χ1v) is 6.90. The Labute approximate surface area is 132 Å². The number of rotatable bonds is 5. The number of ether oxygens (including phenoxy) is 2. The molecule has 0 aliphatic carbocycles. The van der Waals surface area contributed by atoms with Crippen molar-refractivity contribution >= 4 is 28.9 Å². The predicted octanol–water partition coefficient (Wildman–Crippen LogP) is 4.76. The SMILES string of the molecule is COc1cc(NCc2ccc(F)cc2Cl)c(OC)cc1Cl. The van der Waals surface area contributed by atoms with Crippen LogP contribution in [0.5, 0.6) is 11.5 Å². The van der Waals surface area contributed by atoms with Crippen molar-refractivity contribution in [3.63, 3.8) is 0 Å². The van der Waals surface area contributed by atoms with Gasteiger partial charge in [0.15, 0.2) is 0 Å². The second kappa shape index (κ2) is 6.87. The van der Waals surface area contributed by atoms with E-state index in [1.807, 2.05) is 0 Å². The van der Waals surface area contributed by atoms with Crippen LogP contribution in [0.2, 0.25) is 10.0 Å². The molecule has 0 amide bonds. The van der Waals surface area contributed by atoms with Gasteiger partial charge < -0.3 is 14.8 Å². The van der Waals surface area contributed by atoms with Crippen molar-refractivity contribution in [2.24, 2.45) is 0 Å². The molecule has 0 bridgehead atoms. The third-order valence-corrected chi connectivity index (χ3v) is 3.61. The zero-order valence-corrected chi connectivity index (χ0v) is 13.1. The molecule has 3 nitrogen and oxygen atoms in total. The van der Waals surface area contributed by atoms with Gasteiger partial charge in [0.1, 0.15) is 17.3 Å². The predicted molar refractivity (Wildman–Crippen MR) is 83.3 cm³/mol. The molecule has 2 rings (SSSR count). The Kier molecular flexibility index (Phi) is 5.15. The number of hydrogen-bond donors (Lipinski definition) is 1. The van der Waals surface area contributed by atoms with E-state index in [1.165, 1.54) is 19.2 Å². The van der Waals surface area contributed by atoms with Gasteiger partial charge in [-0.25, -0.2) is 4.39 Å². The lowest BCUT2D eigenvalue weighted by Gasteiger charge is -2.14. The first-order chi connectivity index (χ1) is 10.0. The smallest absolute Gasteiger partial charge is 0.143 e. The van der Waals surface area contributed by atoms with Crippen LogP contribution in [0, 0.1) is 5.82 Å². The van der Waals surface area contributed by atoms with Gasteiger partial charge in [0.2, 0.25) is 0 Å². The van der Waals surface area contributed by atoms with Crippen LogP contribution in [0.3, 0.4) is 0 Å². The molecular formula is C15H14Cl2FNO2. The van der Waals surface area contributed by atoms with E-state index < -0.39 is 0 Å². The molecule has 1 N–H and O–H groups in total. The van der Waals surface area contributed by atoms with Gasteiger partial charge in [0.05, 0.1) is 24.9 Å². The maximum absolute atomic E-state index is 13.0. The Hall–Kier alpha value is -1.65. The molecule has 6 heteroatoms. The maximum atomic E-state index is 13.0. The first-order valence-electron chi connectivity index (χ1n) is 6.14. The zero-order chi connectivity index (χ0) is 15.4. The summed E-state index contributed by atoms with van der Waals surface area (Å²) in [6.45, 7) is 0.417. The van der Waals surface area contributed by atoms with E-state index >= 15 is 0 Å². The third-order valence-electron chi connectivity index (χ3n) is 2.96. The Morgan fingerprint density at radius 2 is 1.71 bits per heavy atom. The fourth-order valence-electron chi connectivity index (χ4n) is 1.85. The number of hydrogen-bond acceptors (Lipinski definition) is 3. The second-order valence-corrected chi connectivity index (χ2v) is 5.09. The summed E-state index contributed by atoms with van der Waals surface area (Å²) in [7, 11) is 3.09. The van der Waals surface area contributed by atoms with Crippen molar-refractivity contribution in [1.29, 1.82) is 0 Å². The lowest BCUT2D eigenvalue weighted by Crippen LogP contribution is -2.03. The van der Waals surface area contributed by atoms with Crippen LogP contribution < -0.4 is 14.8 Å². The Bertz CT molecular complexity index is 650. The Morgan fingerprint density at radius 1 is 1.00 bits per heavy atom. The minimum Gasteiger partial charge on any atom is -0.495 e. The van der Waals surface area contributed by atoms with Gasteiger partial charge in [-0.1, -0.05) is 29.3 Å². The summed E-state index contributed by atoms with van der Waals surface area (Å²) in [5.74, 6) is 0.749. The molecular weight excluding hydrogens is 316 g/mol. The van der Waals surface area contributed by atoms with E-state index in [0.717, 1.165) is 5.56 Å². The molecule has 0 atom stereocenters. The lowest BCUT2D eigenvalue weighted by atomic mass is 10.2. The topological polar surface area (TPSA) is 30.5 Å². The van der Waals surface area contributed by atoms with Gasteiger partial charge in [0, 0.05) is 23.7 Å². The van der Waals surface area contributed by atoms with Crippen LogP contribution in [-0.2, 0) is 6.54 Å². The van der Waals surface area contributed by atoms with Crippen molar-refractivity contribution in [3.05, 3.63) is 51.8 Å². The van der Waals surface area contributed by atoms with E-state index in [1.54, 1.807) is 25.3 Å². The summed E-state index contributed by atoms with van der Waals surface area (Å²) >= 11 is 12.0. The van der Waals surface area contributed by atoms with E-state index in [4.69, 9.17) is 32.7 Å². The molecule has 0 radical (unpaired) electrons. The average Bonchev–Trinajstić information content (AvgIpc) is 2.47. The van der Waals surface area contributed by atoms with Crippen LogP contribution in [-0.4, -0.2) is 14.2 Å².